The molecule has 0 bridgehead atoms. The Morgan fingerprint density at radius 2 is 1.86 bits per heavy atom. The van der Waals surface area contributed by atoms with Crippen LogP contribution in [0.2, 0.25) is 0 Å². The number of aromatic nitrogens is 3. The minimum Gasteiger partial charge on any atom is -0.350 e. The van der Waals surface area contributed by atoms with Crippen molar-refractivity contribution in [2.75, 3.05) is 0 Å². The summed E-state index contributed by atoms with van der Waals surface area (Å²) in [6, 6.07) is 13.9. The molecule has 6 heteroatoms. The Kier molecular flexibility index (Phi) is 5.01. The Morgan fingerprint density at radius 3 is 2.62 bits per heavy atom. The second kappa shape index (κ2) is 7.62. The maximum absolute atomic E-state index is 13.1. The highest BCUT2D eigenvalue weighted by Gasteiger charge is 2.16. The molecule has 1 unspecified atom stereocenters. The van der Waals surface area contributed by atoms with Gasteiger partial charge in [-0.2, -0.15) is 5.10 Å². The fraction of sp³-hybridized carbons (Fsp3) is 0.261. The van der Waals surface area contributed by atoms with Crippen LogP contribution < -0.4 is 5.32 Å². The van der Waals surface area contributed by atoms with Crippen molar-refractivity contribution in [3.8, 4) is 0 Å². The monoisotopic (exact) mass is 390 g/mol. The molecular weight excluding hydrogens is 367 g/mol. The van der Waals surface area contributed by atoms with Crippen molar-refractivity contribution in [3.63, 3.8) is 0 Å². The number of aryl methyl sites for hydroxylation is 2. The Labute approximate surface area is 168 Å². The molecule has 2 aromatic heterocycles. The van der Waals surface area contributed by atoms with Crippen LogP contribution in [0.5, 0.6) is 0 Å². The fourth-order valence-electron chi connectivity index (χ4n) is 3.73. The lowest BCUT2D eigenvalue weighted by Gasteiger charge is -2.15. The van der Waals surface area contributed by atoms with Gasteiger partial charge in [-0.05, 0) is 62.6 Å². The molecule has 2 aromatic carbocycles. The van der Waals surface area contributed by atoms with Crippen LogP contribution in [0.3, 0.4) is 0 Å². The van der Waals surface area contributed by atoms with Crippen molar-refractivity contribution in [1.29, 1.82) is 0 Å². The van der Waals surface area contributed by atoms with Crippen molar-refractivity contribution in [2.24, 2.45) is 0 Å². The maximum Gasteiger partial charge on any atom is 0.220 e. The Morgan fingerprint density at radius 1 is 1.14 bits per heavy atom. The van der Waals surface area contributed by atoms with Gasteiger partial charge in [0, 0.05) is 23.2 Å². The average molecular weight is 390 g/mol. The third kappa shape index (κ3) is 3.70. The van der Waals surface area contributed by atoms with Crippen LogP contribution in [-0.4, -0.2) is 20.5 Å². The molecule has 0 saturated heterocycles. The molecule has 1 atom stereocenters. The molecule has 0 fully saturated rings. The van der Waals surface area contributed by atoms with Gasteiger partial charge in [-0.3, -0.25) is 4.79 Å². The van der Waals surface area contributed by atoms with Crippen molar-refractivity contribution in [3.05, 3.63) is 76.9 Å². The van der Waals surface area contributed by atoms with Crippen LogP contribution in [0.4, 0.5) is 4.39 Å². The van der Waals surface area contributed by atoms with E-state index >= 15 is 0 Å². The lowest BCUT2D eigenvalue weighted by Crippen LogP contribution is -2.27. The van der Waals surface area contributed by atoms with E-state index < -0.39 is 0 Å². The molecule has 0 spiro atoms. The number of halogens is 1. The second-order valence-electron chi connectivity index (χ2n) is 7.35. The quantitative estimate of drug-likeness (QED) is 0.548. The third-order valence-corrected chi connectivity index (χ3v) is 5.37. The van der Waals surface area contributed by atoms with E-state index in [1.165, 1.54) is 12.1 Å². The second-order valence-corrected chi connectivity index (χ2v) is 7.35. The van der Waals surface area contributed by atoms with Gasteiger partial charge in [-0.25, -0.2) is 13.9 Å². The Bertz CT molecular complexity index is 1200. The lowest BCUT2D eigenvalue weighted by atomic mass is 10.0. The first kappa shape index (κ1) is 19.1. The van der Waals surface area contributed by atoms with E-state index in [0.29, 0.717) is 12.8 Å². The van der Waals surface area contributed by atoms with E-state index in [1.807, 2.05) is 49.6 Å². The summed E-state index contributed by atoms with van der Waals surface area (Å²) in [4.78, 5) is 17.2. The van der Waals surface area contributed by atoms with Gasteiger partial charge in [-0.15, -0.1) is 0 Å². The summed E-state index contributed by atoms with van der Waals surface area (Å²) in [7, 11) is 0. The lowest BCUT2D eigenvalue weighted by molar-refractivity contribution is -0.121. The van der Waals surface area contributed by atoms with Gasteiger partial charge in [0.15, 0.2) is 5.65 Å². The summed E-state index contributed by atoms with van der Waals surface area (Å²) in [5.41, 5.74) is 5.58. The molecule has 2 heterocycles. The molecule has 0 aliphatic heterocycles. The third-order valence-electron chi connectivity index (χ3n) is 5.37. The number of nitrogens with zero attached hydrogens (tertiary/aromatic N) is 3. The molecule has 1 N–H and O–H groups in total. The molecular formula is C23H23FN4O. The van der Waals surface area contributed by atoms with Gasteiger partial charge in [0.2, 0.25) is 5.91 Å². The van der Waals surface area contributed by atoms with E-state index in [1.54, 1.807) is 12.1 Å². The SMILES string of the molecule is Cc1nc2c3ccccc3nn2c(C)c1CCC(=O)NC(C)c1ccc(F)cc1. The van der Waals surface area contributed by atoms with E-state index in [2.05, 4.69) is 10.4 Å². The zero-order chi connectivity index (χ0) is 20.5. The van der Waals surface area contributed by atoms with Crippen molar-refractivity contribution >= 4 is 22.5 Å². The number of rotatable bonds is 5. The molecule has 148 valence electrons. The number of hydrogen-bond acceptors (Lipinski definition) is 3. The summed E-state index contributed by atoms with van der Waals surface area (Å²) in [5.74, 6) is -0.334. The molecule has 0 aliphatic carbocycles. The molecule has 0 saturated carbocycles. The normalized spacial score (nSPS) is 12.4. The molecule has 5 nitrogen and oxygen atoms in total. The van der Waals surface area contributed by atoms with Crippen LogP contribution in [0.25, 0.3) is 16.6 Å². The fourth-order valence-corrected chi connectivity index (χ4v) is 3.73. The van der Waals surface area contributed by atoms with Gasteiger partial charge in [0.1, 0.15) is 5.82 Å². The number of amides is 1. The minimum absolute atomic E-state index is 0.0497. The van der Waals surface area contributed by atoms with Gasteiger partial charge in [0.25, 0.3) is 0 Å². The summed E-state index contributed by atoms with van der Waals surface area (Å²) < 4.78 is 14.9. The maximum atomic E-state index is 13.1. The van der Waals surface area contributed by atoms with Crippen LogP contribution in [0.1, 0.15) is 41.9 Å². The minimum atomic E-state index is -0.285. The van der Waals surface area contributed by atoms with Gasteiger partial charge < -0.3 is 5.32 Å². The molecule has 0 radical (unpaired) electrons. The predicted octanol–water partition coefficient (Wildman–Crippen LogP) is 4.45. The van der Waals surface area contributed by atoms with Gasteiger partial charge in [-0.1, -0.05) is 24.3 Å². The molecule has 1 amide bonds. The molecule has 4 rings (SSSR count). The van der Waals surface area contributed by atoms with Crippen molar-refractivity contribution in [1.82, 2.24) is 19.9 Å². The first-order valence-electron chi connectivity index (χ1n) is 9.72. The molecule has 29 heavy (non-hydrogen) atoms. The summed E-state index contributed by atoms with van der Waals surface area (Å²) in [6.07, 6.45) is 0.931. The molecule has 4 aromatic rings. The van der Waals surface area contributed by atoms with E-state index in [0.717, 1.165) is 39.1 Å². The van der Waals surface area contributed by atoms with Crippen LogP contribution in [0, 0.1) is 19.7 Å². The van der Waals surface area contributed by atoms with Gasteiger partial charge >= 0.3 is 0 Å². The summed E-state index contributed by atoms with van der Waals surface area (Å²) >= 11 is 0. The van der Waals surface area contributed by atoms with Crippen molar-refractivity contribution in [2.45, 2.75) is 39.7 Å². The zero-order valence-electron chi connectivity index (χ0n) is 16.7. The van der Waals surface area contributed by atoms with Crippen LogP contribution >= 0.6 is 0 Å². The predicted molar refractivity (Wildman–Crippen MR) is 111 cm³/mol. The Balaban J connectivity index is 1.51. The number of fused-ring (bicyclic) bond motifs is 3. The number of benzene rings is 2. The highest BCUT2D eigenvalue weighted by atomic mass is 19.1. The number of carbonyl (C=O) groups is 1. The number of hydrogen-bond donors (Lipinski definition) is 1. The first-order valence-corrected chi connectivity index (χ1v) is 9.72. The zero-order valence-corrected chi connectivity index (χ0v) is 16.7. The van der Waals surface area contributed by atoms with Gasteiger partial charge in [0.05, 0.1) is 11.6 Å². The van der Waals surface area contributed by atoms with E-state index in [-0.39, 0.29) is 17.8 Å². The van der Waals surface area contributed by atoms with Crippen LogP contribution in [-0.2, 0) is 11.2 Å². The highest BCUT2D eigenvalue weighted by Crippen LogP contribution is 2.23. The first-order chi connectivity index (χ1) is 13.9. The highest BCUT2D eigenvalue weighted by molar-refractivity contribution is 5.92. The van der Waals surface area contributed by atoms with E-state index in [9.17, 15) is 9.18 Å². The van der Waals surface area contributed by atoms with Crippen LogP contribution in [0.15, 0.2) is 48.5 Å². The summed E-state index contributed by atoms with van der Waals surface area (Å²) in [5, 5.41) is 8.67. The smallest absolute Gasteiger partial charge is 0.220 e. The van der Waals surface area contributed by atoms with E-state index in [4.69, 9.17) is 4.98 Å². The Hall–Kier alpha value is -3.28. The van der Waals surface area contributed by atoms with Crippen molar-refractivity contribution < 1.29 is 9.18 Å². The molecule has 0 aliphatic rings. The standard InChI is InChI=1S/C23H23FN4O/c1-14(17-8-10-18(24)11-9-17)25-22(29)13-12-19-15(2)26-23-20-6-4-5-7-21(20)27-28(23)16(19)3/h4-11,14H,12-13H2,1-3H3,(H,25,29). The summed E-state index contributed by atoms with van der Waals surface area (Å²) in [6.45, 7) is 5.88. The number of carbonyl (C=O) groups excluding carboxylic acids is 1. The average Bonchev–Trinajstić information content (AvgIpc) is 3.07. The largest absolute Gasteiger partial charge is 0.350 e. The number of nitrogens with one attached hydrogen (secondary N) is 1. The topological polar surface area (TPSA) is 59.3 Å².